The van der Waals surface area contributed by atoms with Gasteiger partial charge in [-0.2, -0.15) is 0 Å². The third-order valence-electron chi connectivity index (χ3n) is 5.25. The molecule has 1 unspecified atom stereocenters. The molecule has 2 amide bonds. The minimum atomic E-state index is -0.495. The Labute approximate surface area is 196 Å². The molecule has 0 fully saturated rings. The van der Waals surface area contributed by atoms with Crippen LogP contribution >= 0.6 is 23.2 Å². The van der Waals surface area contributed by atoms with Crippen molar-refractivity contribution in [3.63, 3.8) is 0 Å². The molecule has 7 nitrogen and oxygen atoms in total. The summed E-state index contributed by atoms with van der Waals surface area (Å²) >= 11 is 12.5. The zero-order chi connectivity index (χ0) is 23.3. The number of nitrogens with zero attached hydrogens (tertiary/aromatic N) is 3. The number of halogens is 2. The lowest BCUT2D eigenvalue weighted by atomic mass is 10.2. The van der Waals surface area contributed by atoms with Gasteiger partial charge in [-0.1, -0.05) is 41.4 Å². The van der Waals surface area contributed by atoms with E-state index in [1.807, 2.05) is 26.0 Å². The number of fused-ring (bicyclic) bond motifs is 1. The summed E-state index contributed by atoms with van der Waals surface area (Å²) in [6.07, 6.45) is 0.606. The van der Waals surface area contributed by atoms with Gasteiger partial charge in [0, 0.05) is 26.8 Å². The number of anilines is 1. The van der Waals surface area contributed by atoms with Crippen LogP contribution in [0, 0.1) is 0 Å². The number of urea groups is 1. The minimum absolute atomic E-state index is 0.133. The van der Waals surface area contributed by atoms with Crippen molar-refractivity contribution in [2.75, 3.05) is 25.6 Å². The molecule has 0 bridgehead atoms. The van der Waals surface area contributed by atoms with E-state index >= 15 is 0 Å². The lowest BCUT2D eigenvalue weighted by Gasteiger charge is -2.30. The van der Waals surface area contributed by atoms with Gasteiger partial charge in [-0.15, -0.1) is 0 Å². The first-order chi connectivity index (χ1) is 15.4. The maximum Gasteiger partial charge on any atom is 0.322 e. The quantitative estimate of drug-likeness (QED) is 0.444. The number of amides is 2. The highest BCUT2D eigenvalue weighted by atomic mass is 35.5. The Hall–Kier alpha value is -2.61. The number of benzene rings is 2. The van der Waals surface area contributed by atoms with Crippen LogP contribution in [0.25, 0.3) is 10.9 Å². The van der Waals surface area contributed by atoms with Crippen LogP contribution < -0.4 is 10.9 Å². The highest BCUT2D eigenvalue weighted by Gasteiger charge is 2.26. The number of hydrogen-bond donors (Lipinski definition) is 1. The number of nitrogens with one attached hydrogen (secondary N) is 1. The Balaban J connectivity index is 2.01. The predicted octanol–water partition coefficient (Wildman–Crippen LogP) is 5.35. The second kappa shape index (κ2) is 10.8. The first-order valence-corrected chi connectivity index (χ1v) is 11.1. The Morgan fingerprint density at radius 3 is 2.53 bits per heavy atom. The molecule has 0 aliphatic rings. The summed E-state index contributed by atoms with van der Waals surface area (Å²) in [5.41, 5.74) is 0.797. The molecule has 1 heterocycles. The molecular weight excluding hydrogens is 451 g/mol. The molecular formula is C23H26Cl2N4O3. The molecule has 0 aliphatic heterocycles. The Kier molecular flexibility index (Phi) is 8.12. The number of hydrogen-bond acceptors (Lipinski definition) is 4. The van der Waals surface area contributed by atoms with E-state index < -0.39 is 12.1 Å². The van der Waals surface area contributed by atoms with Crippen molar-refractivity contribution in [2.45, 2.75) is 32.9 Å². The lowest BCUT2D eigenvalue weighted by Crippen LogP contribution is -2.41. The molecule has 1 atom stereocenters. The van der Waals surface area contributed by atoms with E-state index in [0.29, 0.717) is 58.6 Å². The van der Waals surface area contributed by atoms with Gasteiger partial charge in [-0.3, -0.25) is 9.36 Å². The molecule has 170 valence electrons. The molecule has 32 heavy (non-hydrogen) atoms. The number of aromatic nitrogens is 2. The summed E-state index contributed by atoms with van der Waals surface area (Å²) < 4.78 is 6.77. The number of ether oxygens (including phenoxy) is 1. The van der Waals surface area contributed by atoms with Gasteiger partial charge in [0.25, 0.3) is 5.56 Å². The van der Waals surface area contributed by atoms with Crippen LogP contribution in [-0.4, -0.2) is 40.7 Å². The third kappa shape index (κ3) is 5.06. The van der Waals surface area contributed by atoms with E-state index in [4.69, 9.17) is 32.9 Å². The summed E-state index contributed by atoms with van der Waals surface area (Å²) in [5, 5.41) is 4.03. The van der Waals surface area contributed by atoms with Gasteiger partial charge in [0.05, 0.1) is 32.7 Å². The molecule has 0 radical (unpaired) electrons. The van der Waals surface area contributed by atoms with Gasteiger partial charge in [-0.05, 0) is 44.5 Å². The van der Waals surface area contributed by atoms with Crippen LogP contribution in [0.5, 0.6) is 0 Å². The standard InChI is InChI=1S/C23H26Cl2N4O3/c1-4-28-21(26-19-12-6-5-9-16(19)22(28)30)15(2)29(13-8-14-32-3)23(31)27-20-17(24)10-7-11-18(20)25/h5-7,9-12,15H,4,8,13-14H2,1-3H3,(H,27,31). The minimum Gasteiger partial charge on any atom is -0.385 e. The fourth-order valence-electron chi connectivity index (χ4n) is 3.60. The van der Waals surface area contributed by atoms with Crippen molar-refractivity contribution in [2.24, 2.45) is 0 Å². The molecule has 1 N–H and O–H groups in total. The molecule has 3 rings (SSSR count). The molecule has 3 aromatic rings. The maximum atomic E-state index is 13.3. The van der Waals surface area contributed by atoms with Gasteiger partial charge in [0.2, 0.25) is 0 Å². The SMILES string of the molecule is CCn1c(C(C)N(CCCOC)C(=O)Nc2c(Cl)cccc2Cl)nc2ccccc2c1=O. The van der Waals surface area contributed by atoms with E-state index in [9.17, 15) is 9.59 Å². The number of methoxy groups -OCH3 is 1. The predicted molar refractivity (Wildman–Crippen MR) is 129 cm³/mol. The fourth-order valence-corrected chi connectivity index (χ4v) is 4.09. The average Bonchev–Trinajstić information content (AvgIpc) is 2.78. The third-order valence-corrected chi connectivity index (χ3v) is 5.88. The van der Waals surface area contributed by atoms with Crippen molar-refractivity contribution in [3.05, 3.63) is 68.7 Å². The zero-order valence-corrected chi connectivity index (χ0v) is 19.8. The summed E-state index contributed by atoms with van der Waals surface area (Å²) in [4.78, 5) is 32.7. The van der Waals surface area contributed by atoms with Crippen LogP contribution in [-0.2, 0) is 11.3 Å². The monoisotopic (exact) mass is 476 g/mol. The number of carbonyl (C=O) groups is 1. The molecule has 0 saturated heterocycles. The summed E-state index contributed by atoms with van der Waals surface area (Å²) in [5.74, 6) is 0.508. The van der Waals surface area contributed by atoms with E-state index in [1.165, 1.54) is 0 Å². The van der Waals surface area contributed by atoms with Gasteiger partial charge in [0.15, 0.2) is 0 Å². The van der Waals surface area contributed by atoms with Crippen LogP contribution in [0.1, 0.15) is 32.1 Å². The molecule has 0 saturated carbocycles. The Bertz CT molecular complexity index is 1150. The molecule has 9 heteroatoms. The smallest absolute Gasteiger partial charge is 0.322 e. The van der Waals surface area contributed by atoms with Crippen molar-refractivity contribution in [1.29, 1.82) is 0 Å². The van der Waals surface area contributed by atoms with Crippen molar-refractivity contribution in [1.82, 2.24) is 14.5 Å². The fraction of sp³-hybridized carbons (Fsp3) is 0.348. The summed E-state index contributed by atoms with van der Waals surface area (Å²) in [6, 6.07) is 11.3. The van der Waals surface area contributed by atoms with Crippen LogP contribution in [0.15, 0.2) is 47.3 Å². The highest BCUT2D eigenvalue weighted by Crippen LogP contribution is 2.31. The van der Waals surface area contributed by atoms with Gasteiger partial charge in [0.1, 0.15) is 5.82 Å². The number of carbonyl (C=O) groups excluding carboxylic acids is 1. The second-order valence-corrected chi connectivity index (χ2v) is 8.09. The van der Waals surface area contributed by atoms with Gasteiger partial charge < -0.3 is 15.0 Å². The van der Waals surface area contributed by atoms with E-state index in [1.54, 1.807) is 46.9 Å². The topological polar surface area (TPSA) is 76.5 Å². The second-order valence-electron chi connectivity index (χ2n) is 7.28. The molecule has 0 aliphatic carbocycles. The molecule has 0 spiro atoms. The van der Waals surface area contributed by atoms with Gasteiger partial charge in [-0.25, -0.2) is 9.78 Å². The number of rotatable bonds is 8. The van der Waals surface area contributed by atoms with Crippen LogP contribution in [0.2, 0.25) is 10.0 Å². The molecule has 1 aromatic heterocycles. The number of para-hydroxylation sites is 2. The van der Waals surface area contributed by atoms with E-state index in [2.05, 4.69) is 5.32 Å². The normalized spacial score (nSPS) is 12.0. The lowest BCUT2D eigenvalue weighted by molar-refractivity contribution is 0.158. The van der Waals surface area contributed by atoms with Gasteiger partial charge >= 0.3 is 6.03 Å². The Morgan fingerprint density at radius 1 is 1.19 bits per heavy atom. The van der Waals surface area contributed by atoms with Crippen molar-refractivity contribution in [3.8, 4) is 0 Å². The largest absolute Gasteiger partial charge is 0.385 e. The first kappa shape index (κ1) is 24.0. The van der Waals surface area contributed by atoms with Crippen LogP contribution in [0.4, 0.5) is 10.5 Å². The average molecular weight is 477 g/mol. The van der Waals surface area contributed by atoms with E-state index in [0.717, 1.165) is 0 Å². The summed E-state index contributed by atoms with van der Waals surface area (Å²) in [7, 11) is 1.61. The van der Waals surface area contributed by atoms with E-state index in [-0.39, 0.29) is 5.56 Å². The maximum absolute atomic E-state index is 13.3. The first-order valence-electron chi connectivity index (χ1n) is 10.4. The van der Waals surface area contributed by atoms with Crippen molar-refractivity contribution >= 4 is 45.8 Å². The summed E-state index contributed by atoms with van der Waals surface area (Å²) in [6.45, 7) is 5.03. The van der Waals surface area contributed by atoms with Crippen molar-refractivity contribution < 1.29 is 9.53 Å². The Morgan fingerprint density at radius 2 is 1.88 bits per heavy atom. The van der Waals surface area contributed by atoms with Crippen LogP contribution in [0.3, 0.4) is 0 Å². The zero-order valence-electron chi connectivity index (χ0n) is 18.3. The molecule has 2 aromatic carbocycles. The highest BCUT2D eigenvalue weighted by molar-refractivity contribution is 6.39.